The highest BCUT2D eigenvalue weighted by Crippen LogP contribution is 2.13. The number of aromatic nitrogens is 2. The molecule has 5 heteroatoms. The molecule has 0 atom stereocenters. The summed E-state index contributed by atoms with van der Waals surface area (Å²) in [4.78, 5) is 4.72. The number of fused-ring (bicyclic) bond motifs is 1. The number of halogens is 1. The largest absolute Gasteiger partial charge is 0.393 e. The van der Waals surface area contributed by atoms with Gasteiger partial charge in [-0.2, -0.15) is 0 Å². The number of hydrogen-bond donors (Lipinski definition) is 1. The molecule has 0 saturated carbocycles. The van der Waals surface area contributed by atoms with E-state index in [-0.39, 0.29) is 0 Å². The fraction of sp³-hybridized carbons (Fsp3) is 0.111. The third-order valence-electron chi connectivity index (χ3n) is 1.90. The zero-order valence-electron chi connectivity index (χ0n) is 7.27. The van der Waals surface area contributed by atoms with Gasteiger partial charge in [-0.25, -0.2) is 4.98 Å². The van der Waals surface area contributed by atoms with Crippen LogP contribution in [0.2, 0.25) is 0 Å². The first-order chi connectivity index (χ1) is 6.66. The molecule has 2 aromatic rings. The van der Waals surface area contributed by atoms with Crippen molar-refractivity contribution in [1.29, 1.82) is 0 Å². The van der Waals surface area contributed by atoms with E-state index in [2.05, 4.69) is 20.9 Å². The molecular formula is C9H8BrN3S. The highest BCUT2D eigenvalue weighted by molar-refractivity contribution is 9.10. The monoisotopic (exact) mass is 269 g/mol. The minimum atomic E-state index is 0.478. The van der Waals surface area contributed by atoms with E-state index in [1.165, 1.54) is 0 Å². The van der Waals surface area contributed by atoms with Crippen molar-refractivity contribution < 1.29 is 0 Å². The van der Waals surface area contributed by atoms with Gasteiger partial charge in [0.2, 0.25) is 0 Å². The molecule has 0 amide bonds. The first kappa shape index (κ1) is 9.61. The molecule has 2 rings (SSSR count). The average Bonchev–Trinajstić information content (AvgIpc) is 2.47. The Morgan fingerprint density at radius 3 is 3.07 bits per heavy atom. The molecule has 0 spiro atoms. The molecule has 2 N–H and O–H groups in total. The number of thiocarbonyl (C=S) groups is 1. The lowest BCUT2D eigenvalue weighted by atomic mass is 10.3. The summed E-state index contributed by atoms with van der Waals surface area (Å²) in [5, 5.41) is 0. The van der Waals surface area contributed by atoms with Crippen LogP contribution in [0.25, 0.3) is 5.65 Å². The van der Waals surface area contributed by atoms with Crippen molar-refractivity contribution in [3.05, 3.63) is 34.7 Å². The van der Waals surface area contributed by atoms with Crippen LogP contribution in [0.15, 0.2) is 29.0 Å². The molecule has 0 saturated heterocycles. The van der Waals surface area contributed by atoms with Gasteiger partial charge in [0.25, 0.3) is 0 Å². The van der Waals surface area contributed by atoms with Gasteiger partial charge < -0.3 is 10.1 Å². The van der Waals surface area contributed by atoms with Crippen molar-refractivity contribution in [2.24, 2.45) is 5.73 Å². The molecule has 0 aliphatic carbocycles. The van der Waals surface area contributed by atoms with Gasteiger partial charge in [-0.05, 0) is 28.1 Å². The van der Waals surface area contributed by atoms with Crippen LogP contribution in [-0.2, 0) is 6.42 Å². The number of imidazole rings is 1. The summed E-state index contributed by atoms with van der Waals surface area (Å²) >= 11 is 8.27. The van der Waals surface area contributed by atoms with Crippen LogP contribution in [0.4, 0.5) is 0 Å². The Morgan fingerprint density at radius 1 is 1.57 bits per heavy atom. The summed E-state index contributed by atoms with van der Waals surface area (Å²) in [6, 6.07) is 3.89. The maximum Gasteiger partial charge on any atom is 0.136 e. The zero-order chi connectivity index (χ0) is 10.1. The molecule has 0 fully saturated rings. The van der Waals surface area contributed by atoms with Crippen LogP contribution in [-0.4, -0.2) is 14.4 Å². The lowest BCUT2D eigenvalue weighted by molar-refractivity contribution is 1.07. The first-order valence-corrected chi connectivity index (χ1v) is 5.27. The molecule has 0 aromatic carbocycles. The van der Waals surface area contributed by atoms with Crippen molar-refractivity contribution in [2.45, 2.75) is 6.42 Å². The summed E-state index contributed by atoms with van der Waals surface area (Å²) in [6.45, 7) is 0. The lowest BCUT2D eigenvalue weighted by Gasteiger charge is -2.00. The lowest BCUT2D eigenvalue weighted by Crippen LogP contribution is -2.12. The Labute approximate surface area is 95.1 Å². The van der Waals surface area contributed by atoms with Crippen LogP contribution in [0.1, 0.15) is 5.69 Å². The Balaban J connectivity index is 2.55. The molecule has 2 heterocycles. The Bertz CT molecular complexity index is 492. The molecule has 0 bridgehead atoms. The predicted molar refractivity (Wildman–Crippen MR) is 63.4 cm³/mol. The topological polar surface area (TPSA) is 43.3 Å². The highest BCUT2D eigenvalue weighted by Gasteiger charge is 2.03. The third kappa shape index (κ3) is 1.78. The van der Waals surface area contributed by atoms with E-state index >= 15 is 0 Å². The van der Waals surface area contributed by atoms with E-state index in [4.69, 9.17) is 18.0 Å². The minimum Gasteiger partial charge on any atom is -0.393 e. The third-order valence-corrected chi connectivity index (χ3v) is 2.51. The fourth-order valence-electron chi connectivity index (χ4n) is 1.31. The van der Waals surface area contributed by atoms with E-state index in [0.29, 0.717) is 11.4 Å². The Morgan fingerprint density at radius 2 is 2.36 bits per heavy atom. The predicted octanol–water partition coefficient (Wildman–Crippen LogP) is 1.93. The quantitative estimate of drug-likeness (QED) is 0.848. The van der Waals surface area contributed by atoms with Crippen molar-refractivity contribution in [2.75, 3.05) is 0 Å². The van der Waals surface area contributed by atoms with E-state index in [1.807, 2.05) is 22.7 Å². The molecule has 3 nitrogen and oxygen atoms in total. The highest BCUT2D eigenvalue weighted by atomic mass is 79.9. The SMILES string of the molecule is NC(=S)Cc1cnc2ccc(Br)cn12. The normalized spacial score (nSPS) is 10.6. The summed E-state index contributed by atoms with van der Waals surface area (Å²) in [5.41, 5.74) is 7.40. The molecule has 0 aliphatic heterocycles. The molecule has 0 aliphatic rings. The summed E-state index contributed by atoms with van der Waals surface area (Å²) < 4.78 is 2.98. The molecule has 14 heavy (non-hydrogen) atoms. The summed E-state index contributed by atoms with van der Waals surface area (Å²) in [5.74, 6) is 0. The zero-order valence-corrected chi connectivity index (χ0v) is 9.68. The fourth-order valence-corrected chi connectivity index (χ4v) is 1.80. The van der Waals surface area contributed by atoms with Crippen LogP contribution in [0.5, 0.6) is 0 Å². The number of hydrogen-bond acceptors (Lipinski definition) is 2. The van der Waals surface area contributed by atoms with Gasteiger partial charge in [-0.15, -0.1) is 0 Å². The molecule has 72 valence electrons. The van der Waals surface area contributed by atoms with Crippen LogP contribution in [0, 0.1) is 0 Å². The maximum atomic E-state index is 5.49. The van der Waals surface area contributed by atoms with Crippen LogP contribution in [0.3, 0.4) is 0 Å². The van der Waals surface area contributed by atoms with Gasteiger partial charge >= 0.3 is 0 Å². The van der Waals surface area contributed by atoms with Crippen LogP contribution < -0.4 is 5.73 Å². The van der Waals surface area contributed by atoms with E-state index in [0.717, 1.165) is 15.8 Å². The van der Waals surface area contributed by atoms with Crippen molar-refractivity contribution in [3.63, 3.8) is 0 Å². The van der Waals surface area contributed by atoms with Crippen LogP contribution >= 0.6 is 28.1 Å². The summed E-state index contributed by atoms with van der Waals surface area (Å²) in [7, 11) is 0. The summed E-state index contributed by atoms with van der Waals surface area (Å²) in [6.07, 6.45) is 4.32. The average molecular weight is 270 g/mol. The first-order valence-electron chi connectivity index (χ1n) is 4.06. The van der Waals surface area contributed by atoms with E-state index in [1.54, 1.807) is 6.20 Å². The van der Waals surface area contributed by atoms with Crippen molar-refractivity contribution in [3.8, 4) is 0 Å². The molecule has 0 unspecified atom stereocenters. The van der Waals surface area contributed by atoms with Gasteiger partial charge in [0.1, 0.15) is 5.65 Å². The Hall–Kier alpha value is -0.940. The number of pyridine rings is 1. The second-order valence-electron chi connectivity index (χ2n) is 2.97. The van der Waals surface area contributed by atoms with Crippen molar-refractivity contribution in [1.82, 2.24) is 9.38 Å². The minimum absolute atomic E-state index is 0.478. The van der Waals surface area contributed by atoms with E-state index in [9.17, 15) is 0 Å². The van der Waals surface area contributed by atoms with E-state index < -0.39 is 0 Å². The van der Waals surface area contributed by atoms with Gasteiger partial charge in [-0.3, -0.25) is 0 Å². The van der Waals surface area contributed by atoms with Gasteiger partial charge in [-0.1, -0.05) is 12.2 Å². The van der Waals surface area contributed by atoms with Gasteiger partial charge in [0.05, 0.1) is 4.99 Å². The number of nitrogens with zero attached hydrogens (tertiary/aromatic N) is 2. The molecule has 0 radical (unpaired) electrons. The smallest absolute Gasteiger partial charge is 0.136 e. The standard InChI is InChI=1S/C9H8BrN3S/c10-6-1-2-9-12-4-7(3-8(11)14)13(9)5-6/h1-2,4-5H,3H2,(H2,11,14). The molecule has 2 aromatic heterocycles. The second kappa shape index (κ2) is 3.67. The number of rotatable bonds is 2. The maximum absolute atomic E-state index is 5.49. The Kier molecular flexibility index (Phi) is 2.52. The van der Waals surface area contributed by atoms with Crippen molar-refractivity contribution >= 4 is 38.8 Å². The molecular weight excluding hydrogens is 262 g/mol. The second-order valence-corrected chi connectivity index (χ2v) is 4.41. The van der Waals surface area contributed by atoms with Gasteiger partial charge in [0.15, 0.2) is 0 Å². The number of nitrogens with two attached hydrogens (primary N) is 1. The van der Waals surface area contributed by atoms with Gasteiger partial charge in [0, 0.05) is 29.0 Å².